The van der Waals surface area contributed by atoms with Gasteiger partial charge in [0.2, 0.25) is 0 Å². The highest BCUT2D eigenvalue weighted by Crippen LogP contribution is 2.11. The van der Waals surface area contributed by atoms with Gasteiger partial charge in [0.15, 0.2) is 0 Å². The predicted molar refractivity (Wildman–Crippen MR) is 54.3 cm³/mol. The Kier molecular flexibility index (Phi) is 2.37. The number of hydrogen-bond acceptors (Lipinski definition) is 5. The molecule has 80 valence electrons. The number of aliphatic hydroxyl groups is 1. The minimum absolute atomic E-state index is 0.137. The van der Waals surface area contributed by atoms with Crippen LogP contribution in [0.2, 0.25) is 0 Å². The molecule has 2 rings (SSSR count). The monoisotopic (exact) mass is 207 g/mol. The van der Waals surface area contributed by atoms with Crippen molar-refractivity contribution in [3.05, 3.63) is 23.3 Å². The molecule has 0 spiro atoms. The molecule has 2 heterocycles. The third kappa shape index (κ3) is 1.57. The summed E-state index contributed by atoms with van der Waals surface area (Å²) >= 11 is 0. The van der Waals surface area contributed by atoms with Crippen LogP contribution in [-0.2, 0) is 0 Å². The second kappa shape index (κ2) is 3.56. The molecule has 3 N–H and O–H groups in total. The lowest BCUT2D eigenvalue weighted by Gasteiger charge is -2.07. The maximum Gasteiger partial charge on any atom is 0.251 e. The van der Waals surface area contributed by atoms with Gasteiger partial charge in [-0.15, -0.1) is 0 Å². The first-order valence-electron chi connectivity index (χ1n) is 4.68. The van der Waals surface area contributed by atoms with Crippen molar-refractivity contribution >= 4 is 5.78 Å². The molecule has 0 amide bonds. The number of aryl methyl sites for hydroxylation is 2. The van der Waals surface area contributed by atoms with E-state index in [4.69, 9.17) is 10.8 Å². The summed E-state index contributed by atoms with van der Waals surface area (Å²) in [5.41, 5.74) is 8.05. The zero-order valence-corrected chi connectivity index (χ0v) is 8.68. The molecule has 0 aliphatic carbocycles. The van der Waals surface area contributed by atoms with Crippen molar-refractivity contribution in [3.8, 4) is 0 Å². The summed E-state index contributed by atoms with van der Waals surface area (Å²) in [6.45, 7) is 3.61. The Morgan fingerprint density at radius 2 is 2.20 bits per heavy atom. The van der Waals surface area contributed by atoms with Gasteiger partial charge in [0.25, 0.3) is 5.78 Å². The van der Waals surface area contributed by atoms with Gasteiger partial charge in [-0.1, -0.05) is 0 Å². The molecule has 0 aliphatic heterocycles. The van der Waals surface area contributed by atoms with Crippen LogP contribution < -0.4 is 5.73 Å². The number of hydrogen-bond donors (Lipinski definition) is 2. The molecule has 2 aromatic rings. The van der Waals surface area contributed by atoms with E-state index in [-0.39, 0.29) is 6.61 Å². The van der Waals surface area contributed by atoms with E-state index >= 15 is 0 Å². The van der Waals surface area contributed by atoms with E-state index in [0.717, 1.165) is 11.4 Å². The van der Waals surface area contributed by atoms with E-state index in [0.29, 0.717) is 11.5 Å². The molecular formula is C9H13N5O. The van der Waals surface area contributed by atoms with Crippen LogP contribution in [0.5, 0.6) is 0 Å². The average Bonchev–Trinajstić information content (AvgIpc) is 2.61. The Morgan fingerprint density at radius 3 is 2.87 bits per heavy atom. The van der Waals surface area contributed by atoms with Gasteiger partial charge in [-0.2, -0.15) is 9.61 Å². The number of aromatic nitrogens is 4. The minimum Gasteiger partial charge on any atom is -0.394 e. The molecule has 0 aliphatic rings. The lowest BCUT2D eigenvalue weighted by atomic mass is 10.2. The van der Waals surface area contributed by atoms with Crippen LogP contribution in [0, 0.1) is 13.8 Å². The molecule has 0 saturated heterocycles. The largest absolute Gasteiger partial charge is 0.394 e. The topological polar surface area (TPSA) is 89.3 Å². The first-order valence-corrected chi connectivity index (χ1v) is 4.68. The van der Waals surface area contributed by atoms with Crippen LogP contribution >= 0.6 is 0 Å². The Bertz CT molecular complexity index is 492. The van der Waals surface area contributed by atoms with Crippen LogP contribution in [0.4, 0.5) is 0 Å². The summed E-state index contributed by atoms with van der Waals surface area (Å²) in [7, 11) is 0. The number of nitrogens with zero attached hydrogens (tertiary/aromatic N) is 4. The van der Waals surface area contributed by atoms with E-state index in [1.165, 1.54) is 0 Å². The van der Waals surface area contributed by atoms with Crippen molar-refractivity contribution in [2.75, 3.05) is 6.61 Å². The highest BCUT2D eigenvalue weighted by atomic mass is 16.3. The lowest BCUT2D eigenvalue weighted by Crippen LogP contribution is -2.18. The molecule has 6 heteroatoms. The maximum absolute atomic E-state index is 8.98. The molecule has 0 bridgehead atoms. The normalized spacial score (nSPS) is 13.3. The molecule has 1 atom stereocenters. The van der Waals surface area contributed by atoms with E-state index in [1.807, 2.05) is 13.8 Å². The fourth-order valence-corrected chi connectivity index (χ4v) is 1.33. The predicted octanol–water partition coefficient (Wildman–Crippen LogP) is -0.267. The number of nitrogens with two attached hydrogens (primary N) is 1. The second-order valence-electron chi connectivity index (χ2n) is 3.47. The van der Waals surface area contributed by atoms with Crippen LogP contribution in [0.3, 0.4) is 0 Å². The summed E-state index contributed by atoms with van der Waals surface area (Å²) < 4.78 is 1.57. The van der Waals surface area contributed by atoms with Crippen LogP contribution in [0.15, 0.2) is 6.20 Å². The summed E-state index contributed by atoms with van der Waals surface area (Å²) in [6.07, 6.45) is 1.59. The molecule has 2 aromatic heterocycles. The van der Waals surface area contributed by atoms with Gasteiger partial charge in [-0.3, -0.25) is 0 Å². The highest BCUT2D eigenvalue weighted by molar-refractivity contribution is 5.32. The molecule has 0 radical (unpaired) electrons. The molecule has 1 unspecified atom stereocenters. The summed E-state index contributed by atoms with van der Waals surface area (Å²) in [5.74, 6) is 0.511. The number of aliphatic hydroxyl groups excluding tert-OH is 1. The van der Waals surface area contributed by atoms with Gasteiger partial charge < -0.3 is 10.8 Å². The first kappa shape index (κ1) is 10.0. The maximum atomic E-state index is 8.98. The van der Waals surface area contributed by atoms with Gasteiger partial charge in [0.05, 0.1) is 35.9 Å². The van der Waals surface area contributed by atoms with Crippen LogP contribution in [-0.4, -0.2) is 31.3 Å². The number of imidazole rings is 1. The fourth-order valence-electron chi connectivity index (χ4n) is 1.33. The number of rotatable bonds is 2. The third-order valence-corrected chi connectivity index (χ3v) is 2.36. The Morgan fingerprint density at radius 1 is 1.47 bits per heavy atom. The van der Waals surface area contributed by atoms with Crippen molar-refractivity contribution < 1.29 is 5.11 Å². The molecule has 0 aromatic carbocycles. The van der Waals surface area contributed by atoms with Crippen LogP contribution in [0.25, 0.3) is 5.78 Å². The Labute approximate surface area is 86.8 Å². The van der Waals surface area contributed by atoms with Gasteiger partial charge in [-0.05, 0) is 13.8 Å². The van der Waals surface area contributed by atoms with Gasteiger partial charge in [0, 0.05) is 0 Å². The van der Waals surface area contributed by atoms with Crippen molar-refractivity contribution in [2.45, 2.75) is 19.9 Å². The third-order valence-electron chi connectivity index (χ3n) is 2.36. The lowest BCUT2D eigenvalue weighted by molar-refractivity contribution is 0.264. The van der Waals surface area contributed by atoms with Crippen molar-refractivity contribution in [1.29, 1.82) is 0 Å². The minimum atomic E-state index is -0.476. The zero-order valence-electron chi connectivity index (χ0n) is 8.68. The van der Waals surface area contributed by atoms with E-state index in [9.17, 15) is 0 Å². The highest BCUT2D eigenvalue weighted by Gasteiger charge is 2.13. The van der Waals surface area contributed by atoms with Crippen molar-refractivity contribution in [1.82, 2.24) is 19.6 Å². The molecule has 0 saturated carbocycles. The van der Waals surface area contributed by atoms with Gasteiger partial charge >= 0.3 is 0 Å². The zero-order chi connectivity index (χ0) is 11.0. The standard InChI is InChI=1S/C9H13N5O/c1-5-6(2)13-14-8(7(10)4-15)3-11-9(14)12-5/h3,7,15H,4,10H2,1-2H3. The molecular weight excluding hydrogens is 194 g/mol. The quantitative estimate of drug-likeness (QED) is 0.707. The molecule has 0 fully saturated rings. The van der Waals surface area contributed by atoms with Crippen molar-refractivity contribution in [3.63, 3.8) is 0 Å². The Hall–Kier alpha value is -1.53. The van der Waals surface area contributed by atoms with Crippen molar-refractivity contribution in [2.24, 2.45) is 5.73 Å². The molecule has 6 nitrogen and oxygen atoms in total. The fraction of sp³-hybridized carbons (Fsp3) is 0.444. The van der Waals surface area contributed by atoms with Gasteiger partial charge in [-0.25, -0.2) is 9.97 Å². The summed E-state index contributed by atoms with van der Waals surface area (Å²) in [5, 5.41) is 13.3. The van der Waals surface area contributed by atoms with E-state index < -0.39 is 6.04 Å². The number of fused-ring (bicyclic) bond motifs is 1. The second-order valence-corrected chi connectivity index (χ2v) is 3.47. The van der Waals surface area contributed by atoms with Gasteiger partial charge in [0.1, 0.15) is 0 Å². The SMILES string of the molecule is Cc1nc2ncc(C(N)CO)n2nc1C. The molecule has 15 heavy (non-hydrogen) atoms. The smallest absolute Gasteiger partial charge is 0.251 e. The van der Waals surface area contributed by atoms with E-state index in [2.05, 4.69) is 15.1 Å². The van der Waals surface area contributed by atoms with Crippen LogP contribution in [0.1, 0.15) is 23.1 Å². The summed E-state index contributed by atoms with van der Waals surface area (Å²) in [6, 6.07) is -0.476. The summed E-state index contributed by atoms with van der Waals surface area (Å²) in [4.78, 5) is 8.35. The Balaban J connectivity index is 2.64. The van der Waals surface area contributed by atoms with E-state index in [1.54, 1.807) is 10.7 Å². The average molecular weight is 207 g/mol. The first-order chi connectivity index (χ1) is 7.13.